The number of hydrogen-bond donors (Lipinski definition) is 0. The van der Waals surface area contributed by atoms with Gasteiger partial charge in [-0.1, -0.05) is 20.8 Å². The maximum atomic E-state index is 9.03. The van der Waals surface area contributed by atoms with E-state index >= 15 is 0 Å². The van der Waals surface area contributed by atoms with Crippen molar-refractivity contribution in [1.82, 2.24) is 0 Å². The summed E-state index contributed by atoms with van der Waals surface area (Å²) in [4.78, 5) is 0. The SMILES string of the molecule is CC(C)(C)c1cc(C#N)c2occc2c1. The molecular formula is C13H13NO. The van der Waals surface area contributed by atoms with Crippen molar-refractivity contribution in [2.45, 2.75) is 26.2 Å². The van der Waals surface area contributed by atoms with E-state index in [9.17, 15) is 0 Å². The van der Waals surface area contributed by atoms with Crippen molar-refractivity contribution in [2.24, 2.45) is 0 Å². The Balaban J connectivity index is 2.76. The van der Waals surface area contributed by atoms with Crippen molar-refractivity contribution in [3.8, 4) is 6.07 Å². The Labute approximate surface area is 89.1 Å². The van der Waals surface area contributed by atoms with Crippen LogP contribution < -0.4 is 0 Å². The third-order valence-electron chi connectivity index (χ3n) is 2.54. The van der Waals surface area contributed by atoms with Gasteiger partial charge in [0.15, 0.2) is 5.58 Å². The minimum atomic E-state index is 0.0526. The third-order valence-corrected chi connectivity index (χ3v) is 2.54. The lowest BCUT2D eigenvalue weighted by atomic mass is 9.85. The van der Waals surface area contributed by atoms with Gasteiger partial charge >= 0.3 is 0 Å². The maximum absolute atomic E-state index is 9.03. The van der Waals surface area contributed by atoms with Gasteiger partial charge in [0.05, 0.1) is 11.8 Å². The van der Waals surface area contributed by atoms with Gasteiger partial charge in [0.1, 0.15) is 6.07 Å². The van der Waals surface area contributed by atoms with Crippen LogP contribution in [0.3, 0.4) is 0 Å². The molecule has 1 heterocycles. The molecule has 0 saturated heterocycles. The van der Waals surface area contributed by atoms with Gasteiger partial charge in [-0.2, -0.15) is 5.26 Å². The second-order valence-corrected chi connectivity index (χ2v) is 4.72. The van der Waals surface area contributed by atoms with Crippen LogP contribution in [-0.4, -0.2) is 0 Å². The first-order valence-corrected chi connectivity index (χ1v) is 4.94. The molecule has 2 rings (SSSR count). The lowest BCUT2D eigenvalue weighted by Gasteiger charge is -2.19. The van der Waals surface area contributed by atoms with E-state index in [0.29, 0.717) is 11.1 Å². The molecular weight excluding hydrogens is 186 g/mol. The van der Waals surface area contributed by atoms with E-state index in [-0.39, 0.29) is 5.41 Å². The molecule has 2 heteroatoms. The number of rotatable bonds is 0. The molecule has 0 spiro atoms. The molecule has 0 aliphatic rings. The Bertz CT molecular complexity index is 538. The topological polar surface area (TPSA) is 36.9 Å². The fourth-order valence-corrected chi connectivity index (χ4v) is 1.60. The Morgan fingerprint density at radius 3 is 2.60 bits per heavy atom. The van der Waals surface area contributed by atoms with E-state index in [1.54, 1.807) is 6.26 Å². The molecule has 0 radical (unpaired) electrons. The van der Waals surface area contributed by atoms with Gasteiger partial charge in [0, 0.05) is 5.39 Å². The summed E-state index contributed by atoms with van der Waals surface area (Å²) in [6.45, 7) is 6.40. The summed E-state index contributed by atoms with van der Waals surface area (Å²) in [7, 11) is 0. The van der Waals surface area contributed by atoms with Crippen LogP contribution in [0.1, 0.15) is 31.9 Å². The van der Waals surface area contributed by atoms with Crippen LogP contribution in [0.2, 0.25) is 0 Å². The largest absolute Gasteiger partial charge is 0.463 e. The predicted molar refractivity (Wildman–Crippen MR) is 59.6 cm³/mol. The zero-order valence-electron chi connectivity index (χ0n) is 9.16. The highest BCUT2D eigenvalue weighted by Crippen LogP contribution is 2.29. The van der Waals surface area contributed by atoms with Crippen molar-refractivity contribution in [3.05, 3.63) is 35.6 Å². The molecule has 0 aliphatic carbocycles. The second kappa shape index (κ2) is 3.13. The maximum Gasteiger partial charge on any atom is 0.151 e. The number of nitriles is 1. The molecule has 0 N–H and O–H groups in total. The van der Waals surface area contributed by atoms with Crippen molar-refractivity contribution < 1.29 is 4.42 Å². The highest BCUT2D eigenvalue weighted by molar-refractivity contribution is 5.83. The quantitative estimate of drug-likeness (QED) is 0.650. The molecule has 0 unspecified atom stereocenters. The van der Waals surface area contributed by atoms with Crippen LogP contribution in [0.4, 0.5) is 0 Å². The fourth-order valence-electron chi connectivity index (χ4n) is 1.60. The first kappa shape index (κ1) is 9.79. The molecule has 2 nitrogen and oxygen atoms in total. The van der Waals surface area contributed by atoms with Crippen LogP contribution in [-0.2, 0) is 5.41 Å². The molecule has 1 aromatic heterocycles. The summed E-state index contributed by atoms with van der Waals surface area (Å²) in [5.74, 6) is 0. The van der Waals surface area contributed by atoms with E-state index in [4.69, 9.17) is 9.68 Å². The molecule has 0 aliphatic heterocycles. The number of nitrogens with zero attached hydrogens (tertiary/aromatic N) is 1. The van der Waals surface area contributed by atoms with Crippen molar-refractivity contribution in [1.29, 1.82) is 5.26 Å². The van der Waals surface area contributed by atoms with Crippen molar-refractivity contribution in [2.75, 3.05) is 0 Å². The average Bonchev–Trinajstić information content (AvgIpc) is 2.62. The van der Waals surface area contributed by atoms with Crippen molar-refractivity contribution >= 4 is 11.0 Å². The number of benzene rings is 1. The molecule has 0 amide bonds. The van der Waals surface area contributed by atoms with Gasteiger partial charge in [0.2, 0.25) is 0 Å². The second-order valence-electron chi connectivity index (χ2n) is 4.72. The van der Waals surface area contributed by atoms with Gasteiger partial charge in [-0.25, -0.2) is 0 Å². The number of hydrogen-bond acceptors (Lipinski definition) is 2. The van der Waals surface area contributed by atoms with Gasteiger partial charge in [-0.05, 0) is 29.2 Å². The van der Waals surface area contributed by atoms with Crippen LogP contribution in [0.25, 0.3) is 11.0 Å². The highest BCUT2D eigenvalue weighted by atomic mass is 16.3. The zero-order chi connectivity index (χ0) is 11.1. The minimum absolute atomic E-state index is 0.0526. The molecule has 0 atom stereocenters. The molecule has 1 aromatic carbocycles. The lowest BCUT2D eigenvalue weighted by Crippen LogP contribution is -2.11. The molecule has 15 heavy (non-hydrogen) atoms. The Morgan fingerprint density at radius 1 is 1.27 bits per heavy atom. The van der Waals surface area contributed by atoms with E-state index in [2.05, 4.69) is 32.9 Å². The first-order chi connectivity index (χ1) is 7.02. The Hall–Kier alpha value is -1.75. The first-order valence-electron chi connectivity index (χ1n) is 4.94. The fraction of sp³-hybridized carbons (Fsp3) is 0.308. The van der Waals surface area contributed by atoms with E-state index in [0.717, 1.165) is 10.9 Å². The summed E-state index contributed by atoms with van der Waals surface area (Å²) in [5, 5.41) is 10.0. The van der Waals surface area contributed by atoms with Gasteiger partial charge in [0.25, 0.3) is 0 Å². The highest BCUT2D eigenvalue weighted by Gasteiger charge is 2.16. The van der Waals surface area contributed by atoms with E-state index < -0.39 is 0 Å². The van der Waals surface area contributed by atoms with Crippen LogP contribution in [0, 0.1) is 11.3 Å². The number of fused-ring (bicyclic) bond motifs is 1. The standard InChI is InChI=1S/C13H13NO/c1-13(2,3)11-6-9-4-5-15-12(9)10(7-11)8-14/h4-7H,1-3H3. The normalized spacial score (nSPS) is 11.6. The summed E-state index contributed by atoms with van der Waals surface area (Å²) < 4.78 is 5.29. The summed E-state index contributed by atoms with van der Waals surface area (Å²) >= 11 is 0. The molecule has 0 fully saturated rings. The van der Waals surface area contributed by atoms with Gasteiger partial charge in [-0.3, -0.25) is 0 Å². The third kappa shape index (κ3) is 1.61. The van der Waals surface area contributed by atoms with E-state index in [1.165, 1.54) is 0 Å². The van der Waals surface area contributed by atoms with Crippen molar-refractivity contribution in [3.63, 3.8) is 0 Å². The summed E-state index contributed by atoms with van der Waals surface area (Å²) in [6, 6.07) is 8.06. The van der Waals surface area contributed by atoms with E-state index in [1.807, 2.05) is 12.1 Å². The summed E-state index contributed by atoms with van der Waals surface area (Å²) in [6.07, 6.45) is 1.62. The van der Waals surface area contributed by atoms with Crippen LogP contribution in [0.5, 0.6) is 0 Å². The predicted octanol–water partition coefficient (Wildman–Crippen LogP) is 3.60. The van der Waals surface area contributed by atoms with Crippen LogP contribution >= 0.6 is 0 Å². The Kier molecular flexibility index (Phi) is 2.04. The lowest BCUT2D eigenvalue weighted by molar-refractivity contribution is 0.589. The smallest absolute Gasteiger partial charge is 0.151 e. The average molecular weight is 199 g/mol. The molecule has 2 aromatic rings. The van der Waals surface area contributed by atoms with Gasteiger partial charge in [-0.15, -0.1) is 0 Å². The zero-order valence-corrected chi connectivity index (χ0v) is 9.16. The number of furan rings is 1. The Morgan fingerprint density at radius 2 is 2.00 bits per heavy atom. The minimum Gasteiger partial charge on any atom is -0.463 e. The van der Waals surface area contributed by atoms with Crippen LogP contribution in [0.15, 0.2) is 28.9 Å². The molecule has 0 saturated carbocycles. The summed E-state index contributed by atoms with van der Waals surface area (Å²) in [5.41, 5.74) is 2.51. The molecule has 76 valence electrons. The molecule has 0 bridgehead atoms. The van der Waals surface area contributed by atoms with Gasteiger partial charge < -0.3 is 4.42 Å². The monoisotopic (exact) mass is 199 g/mol.